The van der Waals surface area contributed by atoms with Gasteiger partial charge >= 0.3 is 0 Å². The van der Waals surface area contributed by atoms with Crippen LogP contribution >= 0.6 is 0 Å². The Labute approximate surface area is 127 Å². The molecule has 0 heteroatoms. The molecule has 0 spiro atoms. The summed E-state index contributed by atoms with van der Waals surface area (Å²) in [7, 11) is 0. The molecule has 20 heavy (non-hydrogen) atoms. The summed E-state index contributed by atoms with van der Waals surface area (Å²) in [4.78, 5) is 0. The van der Waals surface area contributed by atoms with E-state index in [1.807, 2.05) is 0 Å². The molecule has 1 aromatic carbocycles. The molecule has 1 unspecified atom stereocenters. The Morgan fingerprint density at radius 2 is 1.40 bits per heavy atom. The predicted molar refractivity (Wildman–Crippen MR) is 91.4 cm³/mol. The van der Waals surface area contributed by atoms with Gasteiger partial charge in [0.2, 0.25) is 0 Å². The van der Waals surface area contributed by atoms with E-state index in [2.05, 4.69) is 52.0 Å². The second-order valence-corrected chi connectivity index (χ2v) is 6.67. The lowest BCUT2D eigenvalue weighted by Crippen LogP contribution is -2.01. The van der Waals surface area contributed by atoms with Crippen molar-refractivity contribution in [1.29, 1.82) is 0 Å². The highest BCUT2D eigenvalue weighted by Gasteiger charge is 2.11. The van der Waals surface area contributed by atoms with Gasteiger partial charge in [-0.05, 0) is 42.2 Å². The van der Waals surface area contributed by atoms with Gasteiger partial charge in [-0.3, -0.25) is 0 Å². The largest absolute Gasteiger partial charge is 0.0654 e. The fourth-order valence-electron chi connectivity index (χ4n) is 2.97. The van der Waals surface area contributed by atoms with Gasteiger partial charge in [0.25, 0.3) is 0 Å². The van der Waals surface area contributed by atoms with Gasteiger partial charge in [0.1, 0.15) is 0 Å². The molecule has 0 aromatic heterocycles. The summed E-state index contributed by atoms with van der Waals surface area (Å²) in [6.45, 7) is 9.18. The van der Waals surface area contributed by atoms with Crippen molar-refractivity contribution in [2.45, 2.75) is 85.0 Å². The summed E-state index contributed by atoms with van der Waals surface area (Å²) in [5, 5.41) is 0. The smallest absolute Gasteiger partial charge is 0.0162 e. The first-order valence-electron chi connectivity index (χ1n) is 8.76. The van der Waals surface area contributed by atoms with Gasteiger partial charge in [0.05, 0.1) is 0 Å². The van der Waals surface area contributed by atoms with Crippen LogP contribution in [0.1, 0.15) is 89.7 Å². The van der Waals surface area contributed by atoms with Crippen LogP contribution in [0.4, 0.5) is 0 Å². The van der Waals surface area contributed by atoms with E-state index in [0.29, 0.717) is 0 Å². The molecule has 0 aliphatic rings. The van der Waals surface area contributed by atoms with Gasteiger partial charge in [0, 0.05) is 0 Å². The molecule has 0 bridgehead atoms. The Bertz CT molecular complexity index is 334. The van der Waals surface area contributed by atoms with Crippen molar-refractivity contribution in [2.75, 3.05) is 0 Å². The second kappa shape index (κ2) is 10.0. The average Bonchev–Trinajstić information content (AvgIpc) is 2.43. The zero-order valence-electron chi connectivity index (χ0n) is 14.1. The van der Waals surface area contributed by atoms with Crippen LogP contribution in [0.2, 0.25) is 0 Å². The number of hydrogen-bond donors (Lipinski definition) is 0. The summed E-state index contributed by atoms with van der Waals surface area (Å²) >= 11 is 0. The Kier molecular flexibility index (Phi) is 8.65. The van der Waals surface area contributed by atoms with E-state index >= 15 is 0 Å². The van der Waals surface area contributed by atoms with Gasteiger partial charge < -0.3 is 0 Å². The number of rotatable bonds is 10. The fraction of sp³-hybridized carbons (Fsp3) is 0.700. The van der Waals surface area contributed by atoms with Crippen LogP contribution in [-0.2, 0) is 6.42 Å². The third-order valence-corrected chi connectivity index (χ3v) is 4.16. The molecule has 0 amide bonds. The Morgan fingerprint density at radius 1 is 0.800 bits per heavy atom. The van der Waals surface area contributed by atoms with Crippen molar-refractivity contribution < 1.29 is 0 Å². The van der Waals surface area contributed by atoms with Gasteiger partial charge in [-0.1, -0.05) is 84.1 Å². The first-order valence-corrected chi connectivity index (χ1v) is 8.76. The van der Waals surface area contributed by atoms with E-state index in [9.17, 15) is 0 Å². The third-order valence-electron chi connectivity index (χ3n) is 4.16. The van der Waals surface area contributed by atoms with Crippen LogP contribution in [-0.4, -0.2) is 0 Å². The van der Waals surface area contributed by atoms with Crippen molar-refractivity contribution in [1.82, 2.24) is 0 Å². The quantitative estimate of drug-likeness (QED) is 0.414. The molecule has 0 heterocycles. The van der Waals surface area contributed by atoms with Crippen LogP contribution < -0.4 is 0 Å². The molecule has 0 aliphatic heterocycles. The van der Waals surface area contributed by atoms with Gasteiger partial charge in [0.15, 0.2) is 0 Å². The van der Waals surface area contributed by atoms with Crippen LogP contribution in [0.5, 0.6) is 0 Å². The molecule has 1 aromatic rings. The first-order chi connectivity index (χ1) is 9.67. The van der Waals surface area contributed by atoms with E-state index < -0.39 is 0 Å². The van der Waals surface area contributed by atoms with E-state index in [1.165, 1.54) is 56.9 Å². The molecule has 0 nitrogen and oxygen atoms in total. The lowest BCUT2D eigenvalue weighted by Gasteiger charge is -2.18. The fourth-order valence-corrected chi connectivity index (χ4v) is 2.97. The predicted octanol–water partition coefficient (Wildman–Crippen LogP) is 6.74. The van der Waals surface area contributed by atoms with E-state index in [-0.39, 0.29) is 0 Å². The topological polar surface area (TPSA) is 0 Å². The van der Waals surface area contributed by atoms with Crippen molar-refractivity contribution in [3.8, 4) is 0 Å². The zero-order chi connectivity index (χ0) is 14.8. The summed E-state index contributed by atoms with van der Waals surface area (Å²) < 4.78 is 0. The molecular formula is C20H34. The number of unbranched alkanes of at least 4 members (excludes halogenated alkanes) is 3. The minimum absolute atomic E-state index is 0.751. The Balaban J connectivity index is 2.63. The van der Waals surface area contributed by atoms with Crippen molar-refractivity contribution >= 4 is 0 Å². The standard InChI is InChI=1S/C20H34/c1-5-7-9-11-19(10-8-6-2)20-14-12-18(13-15-20)16-17(3)4/h12-15,17,19H,5-11,16H2,1-4H3. The lowest BCUT2D eigenvalue weighted by atomic mass is 9.88. The summed E-state index contributed by atoms with van der Waals surface area (Å²) in [5.74, 6) is 1.54. The van der Waals surface area contributed by atoms with Crippen molar-refractivity contribution in [3.05, 3.63) is 35.4 Å². The van der Waals surface area contributed by atoms with Gasteiger partial charge in [-0.25, -0.2) is 0 Å². The van der Waals surface area contributed by atoms with Gasteiger partial charge in [-0.15, -0.1) is 0 Å². The van der Waals surface area contributed by atoms with Crippen LogP contribution in [0.15, 0.2) is 24.3 Å². The van der Waals surface area contributed by atoms with Gasteiger partial charge in [-0.2, -0.15) is 0 Å². The Hall–Kier alpha value is -0.780. The second-order valence-electron chi connectivity index (χ2n) is 6.67. The molecule has 1 rings (SSSR count). The highest BCUT2D eigenvalue weighted by Crippen LogP contribution is 2.28. The normalized spacial score (nSPS) is 12.8. The van der Waals surface area contributed by atoms with E-state index in [1.54, 1.807) is 5.56 Å². The Morgan fingerprint density at radius 3 is 1.95 bits per heavy atom. The molecule has 0 radical (unpaired) electrons. The molecule has 0 N–H and O–H groups in total. The van der Waals surface area contributed by atoms with Crippen LogP contribution in [0.25, 0.3) is 0 Å². The maximum Gasteiger partial charge on any atom is -0.0162 e. The molecule has 0 fully saturated rings. The minimum Gasteiger partial charge on any atom is -0.0654 e. The molecular weight excluding hydrogens is 240 g/mol. The molecule has 0 saturated carbocycles. The van der Waals surface area contributed by atoms with E-state index in [0.717, 1.165) is 11.8 Å². The van der Waals surface area contributed by atoms with Crippen LogP contribution in [0, 0.1) is 5.92 Å². The minimum atomic E-state index is 0.751. The lowest BCUT2D eigenvalue weighted by molar-refractivity contribution is 0.515. The summed E-state index contributed by atoms with van der Waals surface area (Å²) in [6, 6.07) is 9.50. The molecule has 0 aliphatic carbocycles. The maximum atomic E-state index is 2.39. The molecule has 0 saturated heterocycles. The number of benzene rings is 1. The molecule has 114 valence electrons. The third kappa shape index (κ3) is 6.59. The highest BCUT2D eigenvalue weighted by molar-refractivity contribution is 5.25. The van der Waals surface area contributed by atoms with Crippen molar-refractivity contribution in [3.63, 3.8) is 0 Å². The SMILES string of the molecule is CCCCCC(CCCC)c1ccc(CC(C)C)cc1. The average molecular weight is 274 g/mol. The number of hydrogen-bond acceptors (Lipinski definition) is 0. The zero-order valence-corrected chi connectivity index (χ0v) is 14.1. The molecule has 1 atom stereocenters. The van der Waals surface area contributed by atoms with Crippen molar-refractivity contribution in [2.24, 2.45) is 5.92 Å². The summed E-state index contributed by atoms with van der Waals surface area (Å²) in [6.07, 6.45) is 10.7. The highest BCUT2D eigenvalue weighted by atomic mass is 14.2. The summed E-state index contributed by atoms with van der Waals surface area (Å²) in [5.41, 5.74) is 3.06. The monoisotopic (exact) mass is 274 g/mol. The first kappa shape index (κ1) is 17.3. The van der Waals surface area contributed by atoms with Crippen LogP contribution in [0.3, 0.4) is 0 Å². The maximum absolute atomic E-state index is 2.39. The van der Waals surface area contributed by atoms with E-state index in [4.69, 9.17) is 0 Å².